The molecule has 0 spiro atoms. The number of benzene rings is 2. The highest BCUT2D eigenvalue weighted by Gasteiger charge is 2.28. The smallest absolute Gasteiger partial charge is 0.418 e. The highest BCUT2D eigenvalue weighted by Crippen LogP contribution is 2.31. The average molecular weight is 625 g/mol. The zero-order valence-corrected chi connectivity index (χ0v) is 26.3. The molecular formula is C30H44N2O8S2. The molecule has 0 aliphatic carbocycles. The van der Waals surface area contributed by atoms with Crippen LogP contribution in [0.25, 0.3) is 0 Å². The van der Waals surface area contributed by atoms with E-state index in [1.807, 2.05) is 26.4 Å². The fourth-order valence-electron chi connectivity index (χ4n) is 4.18. The normalized spacial score (nSPS) is 14.1. The number of phenolic OH excluding ortho intramolecular Hbond substituents is 4. The van der Waals surface area contributed by atoms with E-state index in [1.54, 1.807) is 23.5 Å². The van der Waals surface area contributed by atoms with Gasteiger partial charge in [-0.3, -0.25) is 0 Å². The van der Waals surface area contributed by atoms with Crippen molar-refractivity contribution < 1.29 is 39.5 Å². The lowest BCUT2D eigenvalue weighted by Crippen LogP contribution is -2.35. The van der Waals surface area contributed by atoms with Crippen LogP contribution in [-0.4, -0.2) is 81.6 Å². The van der Waals surface area contributed by atoms with Crippen LogP contribution in [0.2, 0.25) is 0 Å². The zero-order valence-electron chi connectivity index (χ0n) is 24.7. The van der Waals surface area contributed by atoms with E-state index in [2.05, 4.69) is 10.6 Å². The number of hydrogen-bond donors (Lipinski definition) is 6. The summed E-state index contributed by atoms with van der Waals surface area (Å²) in [5.74, 6) is -1.83. The molecule has 0 saturated carbocycles. The Morgan fingerprint density at radius 3 is 1.40 bits per heavy atom. The van der Waals surface area contributed by atoms with Gasteiger partial charge in [0.1, 0.15) is 12.2 Å². The molecule has 0 aliphatic rings. The molecule has 10 nitrogen and oxygen atoms in total. The van der Waals surface area contributed by atoms with Gasteiger partial charge in [0, 0.05) is 25.2 Å². The van der Waals surface area contributed by atoms with Crippen LogP contribution in [0.1, 0.15) is 62.9 Å². The Morgan fingerprint density at radius 1 is 0.690 bits per heavy atom. The Kier molecular flexibility index (Phi) is 15.7. The first-order valence-electron chi connectivity index (χ1n) is 14.0. The van der Waals surface area contributed by atoms with E-state index in [9.17, 15) is 30.0 Å². The van der Waals surface area contributed by atoms with Gasteiger partial charge in [-0.25, -0.2) is 9.59 Å². The number of thioether (sulfide) groups is 2. The van der Waals surface area contributed by atoms with E-state index in [1.165, 1.54) is 36.4 Å². The van der Waals surface area contributed by atoms with Crippen molar-refractivity contribution in [2.75, 3.05) is 37.1 Å². The SMILES string of the molecule is CSCCCC(C)NC[C@H](OC(=O)C(=O)O[C@@H](CNC(C)CCCSC)c1ccc(O)c(O)c1)c1ccc(O)c(O)c1. The van der Waals surface area contributed by atoms with Gasteiger partial charge in [0.15, 0.2) is 23.0 Å². The first-order valence-corrected chi connectivity index (χ1v) is 16.7. The fourth-order valence-corrected chi connectivity index (χ4v) is 5.09. The maximum absolute atomic E-state index is 13.0. The number of ether oxygens (including phenoxy) is 2. The van der Waals surface area contributed by atoms with Crippen molar-refractivity contribution in [3.05, 3.63) is 47.5 Å². The molecule has 0 aromatic heterocycles. The summed E-state index contributed by atoms with van der Waals surface area (Å²) < 4.78 is 11.1. The number of esters is 2. The van der Waals surface area contributed by atoms with Crippen LogP contribution in [-0.2, 0) is 19.1 Å². The topological polar surface area (TPSA) is 158 Å². The average Bonchev–Trinajstić information content (AvgIpc) is 2.96. The molecule has 2 aromatic carbocycles. The Labute approximate surface area is 256 Å². The number of carbonyl (C=O) groups excluding carboxylic acids is 2. The third-order valence-electron chi connectivity index (χ3n) is 6.68. The van der Waals surface area contributed by atoms with Crippen LogP contribution in [0, 0.1) is 0 Å². The molecule has 0 bridgehead atoms. The lowest BCUT2D eigenvalue weighted by molar-refractivity contribution is -0.174. The standard InChI is InChI=1S/C30H44N2O8S2/c1-19(7-5-13-41-3)31-17-27(21-9-11-23(33)25(35)15-21)39-29(37)30(38)40-28(18-32-20(2)8-6-14-42-4)22-10-12-24(34)26(36)16-22/h9-12,15-16,19-20,27-28,31-36H,5-8,13-14,17-18H2,1-4H3/t19?,20?,27-,28-/m0/s1. The van der Waals surface area contributed by atoms with E-state index >= 15 is 0 Å². The van der Waals surface area contributed by atoms with Gasteiger partial charge < -0.3 is 40.5 Å². The van der Waals surface area contributed by atoms with Crippen molar-refractivity contribution in [1.29, 1.82) is 0 Å². The second-order valence-corrected chi connectivity index (χ2v) is 12.1. The fraction of sp³-hybridized carbons (Fsp3) is 0.533. The molecule has 0 fully saturated rings. The maximum atomic E-state index is 13.0. The monoisotopic (exact) mass is 624 g/mol. The van der Waals surface area contributed by atoms with Crippen molar-refractivity contribution in [3.8, 4) is 23.0 Å². The number of rotatable bonds is 18. The molecule has 6 N–H and O–H groups in total. The predicted molar refractivity (Wildman–Crippen MR) is 167 cm³/mol. The number of carbonyl (C=O) groups is 2. The summed E-state index contributed by atoms with van der Waals surface area (Å²) >= 11 is 3.52. The molecule has 2 aromatic rings. The molecule has 12 heteroatoms. The summed E-state index contributed by atoms with van der Waals surface area (Å²) in [6, 6.07) is 8.34. The Morgan fingerprint density at radius 2 is 1.07 bits per heavy atom. The first kappa shape index (κ1) is 35.4. The Balaban J connectivity index is 2.16. The largest absolute Gasteiger partial charge is 0.504 e. The molecule has 2 rings (SSSR count). The summed E-state index contributed by atoms with van der Waals surface area (Å²) in [6.45, 7) is 4.34. The highest BCUT2D eigenvalue weighted by molar-refractivity contribution is 7.98. The molecular weight excluding hydrogens is 580 g/mol. The van der Waals surface area contributed by atoms with Crippen molar-refractivity contribution in [1.82, 2.24) is 10.6 Å². The van der Waals surface area contributed by atoms with E-state index in [0.29, 0.717) is 11.1 Å². The second-order valence-electron chi connectivity index (χ2n) is 10.2. The van der Waals surface area contributed by atoms with E-state index in [-0.39, 0.29) is 48.2 Å². The van der Waals surface area contributed by atoms with Crippen molar-refractivity contribution in [2.45, 2.75) is 63.8 Å². The van der Waals surface area contributed by atoms with Crippen LogP contribution in [0.4, 0.5) is 0 Å². The van der Waals surface area contributed by atoms with E-state index in [0.717, 1.165) is 37.2 Å². The minimum absolute atomic E-state index is 0.103. The van der Waals surface area contributed by atoms with Gasteiger partial charge in [0.05, 0.1) is 0 Å². The molecule has 0 radical (unpaired) electrons. The molecule has 0 amide bonds. The molecule has 0 saturated heterocycles. The lowest BCUT2D eigenvalue weighted by atomic mass is 10.1. The lowest BCUT2D eigenvalue weighted by Gasteiger charge is -2.24. The second kappa shape index (κ2) is 18.7. The number of aromatic hydroxyl groups is 4. The van der Waals surface area contributed by atoms with Crippen molar-refractivity contribution >= 4 is 35.5 Å². The van der Waals surface area contributed by atoms with Gasteiger partial charge in [-0.15, -0.1) is 0 Å². The third-order valence-corrected chi connectivity index (χ3v) is 8.08. The maximum Gasteiger partial charge on any atom is 0.418 e. The number of nitrogens with one attached hydrogen (secondary N) is 2. The Hall–Kier alpha value is -2.80. The van der Waals surface area contributed by atoms with Gasteiger partial charge in [0.25, 0.3) is 0 Å². The summed E-state index contributed by atoms with van der Waals surface area (Å²) in [6.07, 6.45) is 5.98. The van der Waals surface area contributed by atoms with E-state index in [4.69, 9.17) is 9.47 Å². The third kappa shape index (κ3) is 12.2. The van der Waals surface area contributed by atoms with Crippen LogP contribution >= 0.6 is 23.5 Å². The Bertz CT molecular complexity index is 1050. The molecule has 42 heavy (non-hydrogen) atoms. The molecule has 0 aliphatic heterocycles. The van der Waals surface area contributed by atoms with Gasteiger partial charge in [-0.1, -0.05) is 12.1 Å². The number of phenols is 4. The molecule has 234 valence electrons. The highest BCUT2D eigenvalue weighted by atomic mass is 32.2. The molecule has 0 heterocycles. The van der Waals surface area contributed by atoms with Crippen LogP contribution < -0.4 is 10.6 Å². The van der Waals surface area contributed by atoms with Gasteiger partial charge in [-0.2, -0.15) is 23.5 Å². The molecule has 2 unspecified atom stereocenters. The van der Waals surface area contributed by atoms with Crippen molar-refractivity contribution in [2.24, 2.45) is 0 Å². The summed E-state index contributed by atoms with van der Waals surface area (Å²) in [4.78, 5) is 26.0. The minimum atomic E-state index is -1.23. The predicted octanol–water partition coefficient (Wildman–Crippen LogP) is 4.62. The summed E-state index contributed by atoms with van der Waals surface area (Å²) in [7, 11) is 0. The summed E-state index contributed by atoms with van der Waals surface area (Å²) in [5.41, 5.74) is 0.770. The van der Waals surface area contributed by atoms with Gasteiger partial charge in [0.2, 0.25) is 0 Å². The van der Waals surface area contributed by atoms with Crippen LogP contribution in [0.3, 0.4) is 0 Å². The first-order chi connectivity index (χ1) is 20.0. The van der Waals surface area contributed by atoms with Crippen LogP contribution in [0.5, 0.6) is 23.0 Å². The summed E-state index contributed by atoms with van der Waals surface area (Å²) in [5, 5.41) is 46.1. The van der Waals surface area contributed by atoms with E-state index < -0.39 is 24.1 Å². The number of hydrogen-bond acceptors (Lipinski definition) is 12. The zero-order chi connectivity index (χ0) is 31.1. The molecule has 4 atom stereocenters. The van der Waals surface area contributed by atoms with Crippen LogP contribution in [0.15, 0.2) is 36.4 Å². The van der Waals surface area contributed by atoms with Crippen molar-refractivity contribution in [3.63, 3.8) is 0 Å². The quantitative estimate of drug-likeness (QED) is 0.0593. The minimum Gasteiger partial charge on any atom is -0.504 e. The van der Waals surface area contributed by atoms with Gasteiger partial charge >= 0.3 is 11.9 Å². The van der Waals surface area contributed by atoms with Gasteiger partial charge in [-0.05, 0) is 98.9 Å².